The van der Waals surface area contributed by atoms with E-state index in [-0.39, 0.29) is 28.9 Å². The highest BCUT2D eigenvalue weighted by atomic mass is 127. The van der Waals surface area contributed by atoms with E-state index in [0.717, 1.165) is 58.6 Å². The molecule has 0 bridgehead atoms. The van der Waals surface area contributed by atoms with Crippen LogP contribution in [0.25, 0.3) is 0 Å². The number of piperidine rings is 1. The van der Waals surface area contributed by atoms with Gasteiger partial charge in [-0.05, 0) is 113 Å². The molecular weight excluding hydrogens is 740 g/mol. The van der Waals surface area contributed by atoms with E-state index in [0.29, 0.717) is 15.7 Å². The number of carboxylic acid groups (broad SMARTS) is 1. The highest BCUT2D eigenvalue weighted by Gasteiger charge is 2.22. The number of aromatic hydroxyl groups is 1. The molecule has 0 spiro atoms. The van der Waals surface area contributed by atoms with Gasteiger partial charge in [0, 0.05) is 49.4 Å². The minimum Gasteiger partial charge on any atom is -0.507 e. The van der Waals surface area contributed by atoms with Crippen LogP contribution in [0.1, 0.15) is 51.6 Å². The van der Waals surface area contributed by atoms with E-state index < -0.39 is 5.97 Å². The van der Waals surface area contributed by atoms with E-state index in [9.17, 15) is 14.7 Å². The molecule has 1 aliphatic rings. The van der Waals surface area contributed by atoms with Gasteiger partial charge in [-0.3, -0.25) is 14.7 Å². The first-order chi connectivity index (χ1) is 19.0. The normalized spacial score (nSPS) is 13.7. The van der Waals surface area contributed by atoms with Gasteiger partial charge in [0.2, 0.25) is 0 Å². The van der Waals surface area contributed by atoms with Crippen LogP contribution in [0.3, 0.4) is 0 Å². The molecule has 7 N–H and O–H groups in total. The van der Waals surface area contributed by atoms with Crippen LogP contribution >= 0.6 is 45.2 Å². The summed E-state index contributed by atoms with van der Waals surface area (Å²) in [6.45, 7) is 7.26. The van der Waals surface area contributed by atoms with Crippen molar-refractivity contribution < 1.29 is 24.5 Å². The summed E-state index contributed by atoms with van der Waals surface area (Å²) >= 11 is 4.07. The Morgan fingerprint density at radius 3 is 2.33 bits per heavy atom. The number of aromatic carboxylic acids is 1. The van der Waals surface area contributed by atoms with Gasteiger partial charge in [-0.2, -0.15) is 0 Å². The van der Waals surface area contributed by atoms with Crippen molar-refractivity contribution in [3.63, 3.8) is 0 Å². The van der Waals surface area contributed by atoms with E-state index >= 15 is 0 Å². The summed E-state index contributed by atoms with van der Waals surface area (Å²) in [4.78, 5) is 29.4. The van der Waals surface area contributed by atoms with Crippen molar-refractivity contribution in [3.05, 3.63) is 72.1 Å². The molecule has 1 amide bonds. The maximum atomic E-state index is 12.4. The molecular formula is C28H33I2N5O5. The van der Waals surface area contributed by atoms with Gasteiger partial charge in [0.25, 0.3) is 5.91 Å². The van der Waals surface area contributed by atoms with Gasteiger partial charge in [-0.25, -0.2) is 4.79 Å². The number of carbonyl (C=O) groups is 2. The number of hydrogen-bond acceptors (Lipinski definition) is 8. The van der Waals surface area contributed by atoms with Crippen molar-refractivity contribution >= 4 is 68.4 Å². The van der Waals surface area contributed by atoms with Crippen LogP contribution in [0, 0.1) is 14.1 Å². The molecule has 2 aromatic carbocycles. The maximum Gasteiger partial charge on any atom is 0.335 e. The fourth-order valence-corrected chi connectivity index (χ4v) is 5.01. The fraction of sp³-hybridized carbons (Fsp3) is 0.321. The summed E-state index contributed by atoms with van der Waals surface area (Å²) in [6, 6.07) is 8.66. The van der Waals surface area contributed by atoms with E-state index in [1.165, 1.54) is 12.1 Å². The molecule has 0 unspecified atom stereocenters. The lowest BCUT2D eigenvalue weighted by molar-refractivity contribution is 0.0696. The standard InChI is InChI=1S/C21H27IN4O2.C7H6INO3/c1-3-28-19-10-15(9-18(23)20(19)22)13-26-6-4-17(5-7-26)25-21(27)16-8-14(2)11-24-12-16;8-6-4(9)1-3(7(11)12)2-5(6)10/h8-12,17H,3-7,13,23H2,1-2H3,(H,25,27);1-2,10H,9H2,(H,11,12). The number of aryl methyl sites for hydroxylation is 1. The molecule has 0 saturated carbocycles. The number of nitrogen functional groups attached to an aromatic ring is 2. The molecule has 1 fully saturated rings. The number of benzene rings is 2. The molecule has 1 aliphatic heterocycles. The van der Waals surface area contributed by atoms with Crippen molar-refractivity contribution in [3.8, 4) is 11.5 Å². The lowest BCUT2D eigenvalue weighted by Gasteiger charge is -2.32. The molecule has 2 heterocycles. The van der Waals surface area contributed by atoms with E-state index in [2.05, 4.69) is 43.9 Å². The third kappa shape index (κ3) is 8.83. The molecule has 10 nitrogen and oxygen atoms in total. The number of phenolic OH excluding ortho intramolecular Hbond substituents is 1. The number of nitrogens with two attached hydrogens (primary N) is 2. The molecule has 1 aromatic heterocycles. The molecule has 40 heavy (non-hydrogen) atoms. The Labute approximate surface area is 260 Å². The summed E-state index contributed by atoms with van der Waals surface area (Å²) in [5.41, 5.74) is 15.4. The quantitative estimate of drug-likeness (QED) is 0.170. The number of anilines is 2. The van der Waals surface area contributed by atoms with E-state index in [1.54, 1.807) is 12.4 Å². The predicted octanol–water partition coefficient (Wildman–Crippen LogP) is 4.65. The third-order valence-corrected chi connectivity index (χ3v) is 8.55. The number of pyridine rings is 1. The number of ether oxygens (including phenoxy) is 1. The van der Waals surface area contributed by atoms with Gasteiger partial charge in [0.1, 0.15) is 11.5 Å². The van der Waals surface area contributed by atoms with Crippen LogP contribution in [-0.2, 0) is 6.54 Å². The predicted molar refractivity (Wildman–Crippen MR) is 172 cm³/mol. The number of aromatic nitrogens is 1. The second kappa shape index (κ2) is 14.7. The van der Waals surface area contributed by atoms with Crippen LogP contribution in [0.15, 0.2) is 42.7 Å². The zero-order chi connectivity index (χ0) is 29.4. The highest BCUT2D eigenvalue weighted by molar-refractivity contribution is 14.1. The van der Waals surface area contributed by atoms with Crippen LogP contribution in [0.4, 0.5) is 11.4 Å². The van der Waals surface area contributed by atoms with Crippen LogP contribution in [0.2, 0.25) is 0 Å². The monoisotopic (exact) mass is 773 g/mol. The molecule has 3 aromatic rings. The van der Waals surface area contributed by atoms with Crippen molar-refractivity contribution in [2.45, 2.75) is 39.3 Å². The first-order valence-electron chi connectivity index (χ1n) is 12.6. The van der Waals surface area contributed by atoms with Gasteiger partial charge < -0.3 is 31.7 Å². The van der Waals surface area contributed by atoms with Crippen molar-refractivity contribution in [2.24, 2.45) is 0 Å². The lowest BCUT2D eigenvalue weighted by Crippen LogP contribution is -2.44. The number of hydrogen-bond donors (Lipinski definition) is 5. The largest absolute Gasteiger partial charge is 0.507 e. The molecule has 0 atom stereocenters. The average molecular weight is 773 g/mol. The molecule has 214 valence electrons. The lowest BCUT2D eigenvalue weighted by atomic mass is 10.0. The third-order valence-electron chi connectivity index (χ3n) is 6.22. The average Bonchev–Trinajstić information content (AvgIpc) is 2.91. The number of halogens is 2. The Morgan fingerprint density at radius 2 is 1.73 bits per heavy atom. The number of rotatable bonds is 7. The van der Waals surface area contributed by atoms with E-state index in [4.69, 9.17) is 21.3 Å². The maximum absolute atomic E-state index is 12.4. The van der Waals surface area contributed by atoms with Gasteiger partial charge in [0.15, 0.2) is 0 Å². The summed E-state index contributed by atoms with van der Waals surface area (Å²) in [6.07, 6.45) is 5.24. The number of phenols is 1. The first kappa shape index (κ1) is 31.7. The summed E-state index contributed by atoms with van der Waals surface area (Å²) in [5.74, 6) is -0.394. The number of nitrogens with zero attached hydrogens (tertiary/aromatic N) is 2. The Bertz CT molecular complexity index is 1340. The Hall–Kier alpha value is -2.85. The van der Waals surface area contributed by atoms with Crippen LogP contribution in [-0.4, -0.2) is 57.7 Å². The Morgan fingerprint density at radius 1 is 1.05 bits per heavy atom. The number of carboxylic acids is 1. The second-order valence-electron chi connectivity index (χ2n) is 9.41. The number of amides is 1. The fourth-order valence-electron chi connectivity index (χ4n) is 4.23. The number of nitrogens with one attached hydrogen (secondary N) is 1. The number of likely N-dealkylation sites (tertiary alicyclic amines) is 1. The van der Waals surface area contributed by atoms with Crippen molar-refractivity contribution in [1.82, 2.24) is 15.2 Å². The summed E-state index contributed by atoms with van der Waals surface area (Å²) < 4.78 is 7.14. The van der Waals surface area contributed by atoms with Crippen molar-refractivity contribution in [2.75, 3.05) is 31.2 Å². The zero-order valence-corrected chi connectivity index (χ0v) is 26.6. The van der Waals surface area contributed by atoms with E-state index in [1.807, 2.05) is 48.6 Å². The van der Waals surface area contributed by atoms with Crippen LogP contribution in [0.5, 0.6) is 11.5 Å². The SMILES string of the molecule is CCOc1cc(CN2CCC(NC(=O)c3cncc(C)c3)CC2)cc(N)c1I.Nc1cc(C(=O)O)cc(O)c1I. The molecule has 0 radical (unpaired) electrons. The molecule has 4 rings (SSSR count). The summed E-state index contributed by atoms with van der Waals surface area (Å²) in [7, 11) is 0. The Balaban J connectivity index is 0.000000307. The first-order valence-corrected chi connectivity index (χ1v) is 14.8. The Kier molecular flexibility index (Phi) is 11.6. The smallest absolute Gasteiger partial charge is 0.335 e. The molecule has 0 aliphatic carbocycles. The van der Waals surface area contributed by atoms with Gasteiger partial charge >= 0.3 is 5.97 Å². The minimum absolute atomic E-state index is 0.00887. The molecule has 1 saturated heterocycles. The number of carbonyl (C=O) groups excluding carboxylic acids is 1. The molecule has 12 heteroatoms. The topological polar surface area (TPSA) is 164 Å². The second-order valence-corrected chi connectivity index (χ2v) is 11.6. The van der Waals surface area contributed by atoms with Gasteiger partial charge in [-0.15, -0.1) is 0 Å². The van der Waals surface area contributed by atoms with Gasteiger partial charge in [-0.1, -0.05) is 0 Å². The van der Waals surface area contributed by atoms with Crippen molar-refractivity contribution in [1.29, 1.82) is 0 Å². The van der Waals surface area contributed by atoms with Crippen LogP contribution < -0.4 is 21.5 Å². The minimum atomic E-state index is -1.10. The summed E-state index contributed by atoms with van der Waals surface area (Å²) in [5, 5.41) is 20.9. The highest BCUT2D eigenvalue weighted by Crippen LogP contribution is 2.30. The van der Waals surface area contributed by atoms with Gasteiger partial charge in [0.05, 0.1) is 24.9 Å². The zero-order valence-electron chi connectivity index (χ0n) is 22.3.